The lowest BCUT2D eigenvalue weighted by molar-refractivity contribution is 0.0700. The summed E-state index contributed by atoms with van der Waals surface area (Å²) >= 11 is 1.24. The Kier molecular flexibility index (Phi) is 2.91. The van der Waals surface area contributed by atoms with Crippen LogP contribution >= 0.6 is 11.3 Å². The van der Waals surface area contributed by atoms with Gasteiger partial charge in [0, 0.05) is 10.1 Å². The highest BCUT2D eigenvalue weighted by Crippen LogP contribution is 2.36. The van der Waals surface area contributed by atoms with E-state index in [1.54, 1.807) is 18.2 Å². The van der Waals surface area contributed by atoms with Gasteiger partial charge in [-0.15, -0.1) is 11.3 Å². The Labute approximate surface area is 118 Å². The summed E-state index contributed by atoms with van der Waals surface area (Å²) in [4.78, 5) is 11.2. The predicted molar refractivity (Wildman–Crippen MR) is 78.6 cm³/mol. The van der Waals surface area contributed by atoms with Crippen molar-refractivity contribution in [3.8, 4) is 11.1 Å². The molecule has 3 N–H and O–H groups in total. The van der Waals surface area contributed by atoms with Crippen molar-refractivity contribution >= 4 is 32.4 Å². The van der Waals surface area contributed by atoms with Crippen LogP contribution in [0, 0.1) is 5.82 Å². The fourth-order valence-corrected chi connectivity index (χ4v) is 3.16. The topological polar surface area (TPSA) is 63.3 Å². The summed E-state index contributed by atoms with van der Waals surface area (Å²) in [6.07, 6.45) is 0. The van der Waals surface area contributed by atoms with Crippen molar-refractivity contribution < 1.29 is 14.3 Å². The zero-order valence-corrected chi connectivity index (χ0v) is 11.1. The van der Waals surface area contributed by atoms with E-state index in [2.05, 4.69) is 0 Å². The molecule has 0 spiro atoms. The highest BCUT2D eigenvalue weighted by Gasteiger charge is 2.16. The largest absolute Gasteiger partial charge is 0.478 e. The average molecular weight is 287 g/mol. The summed E-state index contributed by atoms with van der Waals surface area (Å²) in [5, 5.41) is 10.1. The van der Waals surface area contributed by atoms with Crippen molar-refractivity contribution in [1.29, 1.82) is 0 Å². The van der Waals surface area contributed by atoms with Crippen LogP contribution in [0.25, 0.3) is 21.2 Å². The quantitative estimate of drug-likeness (QED) is 0.749. The van der Waals surface area contributed by atoms with Crippen LogP contribution < -0.4 is 5.73 Å². The summed E-state index contributed by atoms with van der Waals surface area (Å²) in [6.45, 7) is 0. The maximum Gasteiger partial charge on any atom is 0.339 e. The standard InChI is InChI=1S/C15H10FNO2S/c16-10-4-1-8(2-5-10)9-3-6-11-12(7-9)20-14(17)13(11)15(18)19/h1-7H,17H2,(H,18,19). The maximum absolute atomic E-state index is 12.9. The minimum atomic E-state index is -1.02. The van der Waals surface area contributed by atoms with Gasteiger partial charge in [0.25, 0.3) is 0 Å². The van der Waals surface area contributed by atoms with Crippen molar-refractivity contribution in [3.05, 3.63) is 53.8 Å². The minimum absolute atomic E-state index is 0.149. The highest BCUT2D eigenvalue weighted by molar-refractivity contribution is 7.23. The molecule has 0 aliphatic heterocycles. The number of aromatic carboxylic acids is 1. The van der Waals surface area contributed by atoms with E-state index < -0.39 is 5.97 Å². The average Bonchev–Trinajstić information content (AvgIpc) is 2.74. The number of hydrogen-bond donors (Lipinski definition) is 2. The first-order valence-electron chi connectivity index (χ1n) is 5.87. The fourth-order valence-electron chi connectivity index (χ4n) is 2.16. The molecule has 5 heteroatoms. The van der Waals surface area contributed by atoms with E-state index in [1.165, 1.54) is 23.5 Å². The van der Waals surface area contributed by atoms with Gasteiger partial charge in [-0.1, -0.05) is 24.3 Å². The molecule has 3 nitrogen and oxygen atoms in total. The number of hydrogen-bond acceptors (Lipinski definition) is 3. The molecule has 3 aromatic rings. The molecule has 0 bridgehead atoms. The molecule has 2 aromatic carbocycles. The smallest absolute Gasteiger partial charge is 0.339 e. The number of thiophene rings is 1. The number of rotatable bonds is 2. The first kappa shape index (κ1) is 12.6. The first-order chi connectivity index (χ1) is 9.56. The lowest BCUT2D eigenvalue weighted by Crippen LogP contribution is -1.98. The molecule has 100 valence electrons. The van der Waals surface area contributed by atoms with E-state index in [0.29, 0.717) is 10.4 Å². The number of benzene rings is 2. The number of carboxylic acid groups (broad SMARTS) is 1. The molecular weight excluding hydrogens is 277 g/mol. The van der Waals surface area contributed by atoms with Crippen LogP contribution in [-0.4, -0.2) is 11.1 Å². The molecule has 0 saturated heterocycles. The van der Waals surface area contributed by atoms with Crippen LogP contribution in [0.3, 0.4) is 0 Å². The molecule has 1 aromatic heterocycles. The van der Waals surface area contributed by atoms with Gasteiger partial charge in [0.1, 0.15) is 16.4 Å². The van der Waals surface area contributed by atoms with Crippen molar-refractivity contribution in [2.45, 2.75) is 0 Å². The number of nitrogens with two attached hydrogens (primary N) is 1. The van der Waals surface area contributed by atoms with Crippen LogP contribution in [0.2, 0.25) is 0 Å². The summed E-state index contributed by atoms with van der Waals surface area (Å²) in [5.41, 5.74) is 7.67. The monoisotopic (exact) mass is 287 g/mol. The van der Waals surface area contributed by atoms with Crippen molar-refractivity contribution in [1.82, 2.24) is 0 Å². The second-order valence-electron chi connectivity index (χ2n) is 4.36. The van der Waals surface area contributed by atoms with Gasteiger partial charge >= 0.3 is 5.97 Å². The molecule has 0 aliphatic carbocycles. The molecule has 0 atom stereocenters. The third-order valence-corrected chi connectivity index (χ3v) is 4.09. The Hall–Kier alpha value is -2.40. The van der Waals surface area contributed by atoms with Gasteiger partial charge in [0.2, 0.25) is 0 Å². The van der Waals surface area contributed by atoms with Crippen molar-refractivity contribution in [3.63, 3.8) is 0 Å². The van der Waals surface area contributed by atoms with Crippen molar-refractivity contribution in [2.75, 3.05) is 5.73 Å². The Balaban J connectivity index is 2.17. The molecule has 0 amide bonds. The van der Waals surface area contributed by atoms with Crippen LogP contribution in [0.5, 0.6) is 0 Å². The molecule has 0 aliphatic rings. The van der Waals surface area contributed by atoms with E-state index in [0.717, 1.165) is 15.8 Å². The van der Waals surface area contributed by atoms with Crippen LogP contribution in [0.4, 0.5) is 9.39 Å². The van der Waals surface area contributed by atoms with Crippen LogP contribution in [0.15, 0.2) is 42.5 Å². The maximum atomic E-state index is 12.9. The van der Waals surface area contributed by atoms with Gasteiger partial charge < -0.3 is 10.8 Å². The summed E-state index contributed by atoms with van der Waals surface area (Å²) in [6, 6.07) is 11.6. The van der Waals surface area contributed by atoms with Gasteiger partial charge in [-0.2, -0.15) is 0 Å². The van der Waals surface area contributed by atoms with Gasteiger partial charge in [0.15, 0.2) is 0 Å². The third-order valence-electron chi connectivity index (χ3n) is 3.11. The second-order valence-corrected chi connectivity index (χ2v) is 5.45. The summed E-state index contributed by atoms with van der Waals surface area (Å²) in [5.74, 6) is -1.31. The highest BCUT2D eigenvalue weighted by atomic mass is 32.1. The number of carboxylic acids is 1. The van der Waals surface area contributed by atoms with E-state index in [-0.39, 0.29) is 11.4 Å². The van der Waals surface area contributed by atoms with Gasteiger partial charge in [-0.25, -0.2) is 9.18 Å². The van der Waals surface area contributed by atoms with Crippen molar-refractivity contribution in [2.24, 2.45) is 0 Å². The molecule has 0 fully saturated rings. The normalized spacial score (nSPS) is 10.8. The van der Waals surface area contributed by atoms with Gasteiger partial charge in [-0.3, -0.25) is 0 Å². The zero-order valence-electron chi connectivity index (χ0n) is 10.3. The van der Waals surface area contributed by atoms with E-state index in [1.807, 2.05) is 12.1 Å². The molecule has 1 heterocycles. The number of halogens is 1. The Morgan fingerprint density at radius 1 is 1.10 bits per heavy atom. The lowest BCUT2D eigenvalue weighted by Gasteiger charge is -2.02. The number of carbonyl (C=O) groups is 1. The van der Waals surface area contributed by atoms with Crippen LogP contribution in [0.1, 0.15) is 10.4 Å². The Morgan fingerprint density at radius 2 is 1.75 bits per heavy atom. The Morgan fingerprint density at radius 3 is 2.40 bits per heavy atom. The SMILES string of the molecule is Nc1sc2cc(-c3ccc(F)cc3)ccc2c1C(=O)O. The first-order valence-corrected chi connectivity index (χ1v) is 6.69. The number of nitrogen functional groups attached to an aromatic ring is 1. The number of fused-ring (bicyclic) bond motifs is 1. The zero-order chi connectivity index (χ0) is 14.3. The minimum Gasteiger partial charge on any atom is -0.478 e. The second kappa shape index (κ2) is 4.61. The van der Waals surface area contributed by atoms with E-state index >= 15 is 0 Å². The van der Waals surface area contributed by atoms with Gasteiger partial charge in [0.05, 0.1) is 0 Å². The van der Waals surface area contributed by atoms with E-state index in [9.17, 15) is 9.18 Å². The molecule has 0 unspecified atom stereocenters. The van der Waals surface area contributed by atoms with Crippen LogP contribution in [-0.2, 0) is 0 Å². The Bertz CT molecular complexity index is 809. The van der Waals surface area contributed by atoms with Gasteiger partial charge in [-0.05, 0) is 29.3 Å². The third kappa shape index (κ3) is 2.02. The number of anilines is 1. The molecule has 3 rings (SSSR count). The molecule has 20 heavy (non-hydrogen) atoms. The lowest BCUT2D eigenvalue weighted by atomic mass is 10.0. The molecule has 0 radical (unpaired) electrons. The molecule has 0 saturated carbocycles. The predicted octanol–water partition coefficient (Wildman–Crippen LogP) is 3.99. The molecular formula is C15H10FNO2S. The fraction of sp³-hybridized carbons (Fsp3) is 0. The summed E-state index contributed by atoms with van der Waals surface area (Å²) < 4.78 is 13.7. The van der Waals surface area contributed by atoms with E-state index in [4.69, 9.17) is 10.8 Å². The summed E-state index contributed by atoms with van der Waals surface area (Å²) in [7, 11) is 0.